The van der Waals surface area contributed by atoms with Crippen molar-refractivity contribution in [2.75, 3.05) is 0 Å². The molecule has 3 aromatic carbocycles. The summed E-state index contributed by atoms with van der Waals surface area (Å²) in [7, 11) is 0. The topological polar surface area (TPSA) is 0 Å². The average molecular weight is 504 g/mol. The molecule has 158 valence electrons. The van der Waals surface area contributed by atoms with Crippen LogP contribution in [0.5, 0.6) is 0 Å². The van der Waals surface area contributed by atoms with Gasteiger partial charge in [0.2, 0.25) is 0 Å². The molecule has 3 aromatic rings. The summed E-state index contributed by atoms with van der Waals surface area (Å²) < 4.78 is -0.164. The fraction of sp³-hybridized carbons (Fsp3) is 0.185. The van der Waals surface area contributed by atoms with E-state index in [2.05, 4.69) is 138 Å². The second-order valence-corrected chi connectivity index (χ2v) is 9.24. The van der Waals surface area contributed by atoms with E-state index in [-0.39, 0.29) is 46.4 Å². The standard InChI is InChI=1S/C27H25.3ClH.Ti/c1-20-9-6-14-24(17-20)27(23-12-4-5-13-23,25-15-7-10-21(2)18-25)26-16-8-11-22(3)19-26;;;;/h4-19H,1-3H3;3*1H;/q;;;;+3/p-3. The third kappa shape index (κ3) is 4.90. The van der Waals surface area contributed by atoms with E-state index in [1.807, 2.05) is 0 Å². The van der Waals surface area contributed by atoms with Gasteiger partial charge in [0.1, 0.15) is 0 Å². The van der Waals surface area contributed by atoms with Crippen molar-refractivity contribution in [3.63, 3.8) is 0 Å². The van der Waals surface area contributed by atoms with Crippen LogP contribution in [0.4, 0.5) is 0 Å². The second kappa shape index (κ2) is 11.0. The zero-order chi connectivity index (χ0) is 19.8. The Morgan fingerprint density at radius 1 is 0.581 bits per heavy atom. The van der Waals surface area contributed by atoms with Gasteiger partial charge in [-0.1, -0.05) is 0 Å². The summed E-state index contributed by atoms with van der Waals surface area (Å²) in [5.41, 5.74) is 7.57. The van der Waals surface area contributed by atoms with Crippen molar-refractivity contribution >= 4 is 0 Å². The van der Waals surface area contributed by atoms with E-state index in [1.54, 1.807) is 0 Å². The zero-order valence-corrected chi connectivity index (χ0v) is 21.7. The Balaban J connectivity index is 0.00000160. The van der Waals surface area contributed by atoms with E-state index < -0.39 is 0 Å². The molecule has 31 heavy (non-hydrogen) atoms. The van der Waals surface area contributed by atoms with Gasteiger partial charge in [0.05, 0.1) is 0 Å². The molecule has 0 heterocycles. The molecule has 4 heteroatoms. The summed E-state index contributed by atoms with van der Waals surface area (Å²) in [4.78, 5) is 0. The third-order valence-electron chi connectivity index (χ3n) is 5.80. The van der Waals surface area contributed by atoms with Crippen LogP contribution in [0.1, 0.15) is 33.4 Å². The van der Waals surface area contributed by atoms with Gasteiger partial charge in [0.25, 0.3) is 0 Å². The van der Waals surface area contributed by atoms with E-state index in [0.29, 0.717) is 0 Å². The van der Waals surface area contributed by atoms with Gasteiger partial charge in [-0.15, -0.1) is 0 Å². The fourth-order valence-corrected chi connectivity index (χ4v) is 5.55. The molecule has 0 spiro atoms. The summed E-state index contributed by atoms with van der Waals surface area (Å²) in [6, 6.07) is 27.1. The van der Waals surface area contributed by atoms with E-state index >= 15 is 0 Å². The molecule has 0 fully saturated rings. The van der Waals surface area contributed by atoms with Crippen LogP contribution in [0.25, 0.3) is 0 Å². The van der Waals surface area contributed by atoms with Crippen molar-refractivity contribution < 1.29 is 57.7 Å². The molecule has 1 aliphatic carbocycles. The van der Waals surface area contributed by atoms with Crippen LogP contribution in [-0.4, -0.2) is 0 Å². The van der Waals surface area contributed by atoms with Gasteiger partial charge in [-0.05, 0) is 0 Å². The van der Waals surface area contributed by atoms with Crippen molar-refractivity contribution in [1.29, 1.82) is 0 Å². The average Bonchev–Trinajstić information content (AvgIpc) is 3.10. The molecule has 0 N–H and O–H groups in total. The number of hydrogen-bond donors (Lipinski definition) is 0. The summed E-state index contributed by atoms with van der Waals surface area (Å²) >= 11 is 2.36. The molecule has 0 nitrogen and oxygen atoms in total. The maximum Gasteiger partial charge on any atom is -1.00 e. The van der Waals surface area contributed by atoms with E-state index in [4.69, 9.17) is 0 Å². The molecule has 0 amide bonds. The van der Waals surface area contributed by atoms with Gasteiger partial charge in [-0.2, -0.15) is 0 Å². The normalized spacial score (nSPS) is 13.7. The third-order valence-corrected chi connectivity index (χ3v) is 6.91. The Labute approximate surface area is 216 Å². The summed E-state index contributed by atoms with van der Waals surface area (Å²) in [6.45, 7) is 6.55. The monoisotopic (exact) mass is 502 g/mol. The molecule has 0 saturated heterocycles. The Morgan fingerprint density at radius 2 is 0.903 bits per heavy atom. The van der Waals surface area contributed by atoms with E-state index in [1.165, 1.54) is 33.4 Å². The molecule has 0 atom stereocenters. The number of benzene rings is 3. The Morgan fingerprint density at radius 3 is 1.19 bits per heavy atom. The molecule has 0 radical (unpaired) electrons. The maximum absolute atomic E-state index is 2.36. The van der Waals surface area contributed by atoms with Crippen molar-refractivity contribution in [2.24, 2.45) is 0 Å². The first-order valence-electron chi connectivity index (χ1n) is 9.79. The smallest absolute Gasteiger partial charge is 1.00 e. The van der Waals surface area contributed by atoms with E-state index in [0.717, 1.165) is 0 Å². The molecule has 0 unspecified atom stereocenters. The van der Waals surface area contributed by atoms with Crippen LogP contribution in [0, 0.1) is 20.8 Å². The molecule has 0 aliphatic heterocycles. The molecule has 0 saturated carbocycles. The van der Waals surface area contributed by atoms with Crippen molar-refractivity contribution in [1.82, 2.24) is 0 Å². The minimum atomic E-state index is -0.305. The van der Waals surface area contributed by atoms with Crippen LogP contribution in [-0.2, 0) is 25.9 Å². The number of halogens is 3. The number of aryl methyl sites for hydroxylation is 3. The second-order valence-electron chi connectivity index (χ2n) is 7.95. The first kappa shape index (κ1) is 27.8. The Hall–Kier alpha value is -1.28. The van der Waals surface area contributed by atoms with Gasteiger partial charge >= 0.3 is 181 Å². The van der Waals surface area contributed by atoms with Gasteiger partial charge in [-0.25, -0.2) is 0 Å². The molecule has 1 aliphatic rings. The van der Waals surface area contributed by atoms with Gasteiger partial charge in [0.15, 0.2) is 0 Å². The molecule has 0 aromatic heterocycles. The minimum Gasteiger partial charge on any atom is -1.00 e. The molecular formula is C27H25Cl3Ti. The first-order valence-corrected chi connectivity index (χ1v) is 10.6. The largest absolute Gasteiger partial charge is 1.00 e. The number of rotatable bonds is 4. The number of hydrogen-bond acceptors (Lipinski definition) is 0. The molecule has 4 rings (SSSR count). The number of allylic oxidation sites excluding steroid dienone is 4. The summed E-state index contributed by atoms with van der Waals surface area (Å²) in [5.74, 6) is 0. The summed E-state index contributed by atoms with van der Waals surface area (Å²) in [6.07, 6.45) is 9.10. The van der Waals surface area contributed by atoms with Crippen molar-refractivity contribution in [2.45, 2.75) is 29.9 Å². The zero-order valence-electron chi connectivity index (χ0n) is 17.9. The maximum atomic E-state index is 2.36. The first-order chi connectivity index (χ1) is 13.5. The van der Waals surface area contributed by atoms with Crippen molar-refractivity contribution in [3.8, 4) is 0 Å². The predicted molar refractivity (Wildman–Crippen MR) is 114 cm³/mol. The molecular weight excluding hydrogens is 479 g/mol. The minimum absolute atomic E-state index is 0. The van der Waals surface area contributed by atoms with Crippen molar-refractivity contribution in [3.05, 3.63) is 130 Å². The SMILES string of the molecule is Cc1cccc(C(c2cccc(C)c2)(c2cccc(C)c2)[C]2([Ti+3])C=CC=C2)c1.[Cl-].[Cl-].[Cl-]. The van der Waals surface area contributed by atoms with Crippen LogP contribution in [0.2, 0.25) is 3.72 Å². The Bertz CT molecular complexity index is 962. The van der Waals surface area contributed by atoms with Gasteiger partial charge in [-0.3, -0.25) is 0 Å². The van der Waals surface area contributed by atoms with Crippen LogP contribution in [0.15, 0.2) is 97.1 Å². The summed E-state index contributed by atoms with van der Waals surface area (Å²) in [5, 5.41) is 0. The molecule has 0 bridgehead atoms. The van der Waals surface area contributed by atoms with E-state index in [9.17, 15) is 0 Å². The fourth-order valence-electron chi connectivity index (χ4n) is 4.57. The predicted octanol–water partition coefficient (Wildman–Crippen LogP) is -2.21. The van der Waals surface area contributed by atoms with Gasteiger partial charge < -0.3 is 37.2 Å². The van der Waals surface area contributed by atoms with Crippen LogP contribution < -0.4 is 37.2 Å². The van der Waals surface area contributed by atoms with Crippen LogP contribution >= 0.6 is 0 Å². The van der Waals surface area contributed by atoms with Gasteiger partial charge in [0, 0.05) is 0 Å². The quantitative estimate of drug-likeness (QED) is 0.280. The Kier molecular flexibility index (Phi) is 9.88. The van der Waals surface area contributed by atoms with Crippen LogP contribution in [0.3, 0.4) is 0 Å².